The second-order valence-electron chi connectivity index (χ2n) is 6.41. The fraction of sp³-hybridized carbons (Fsp3) is 0.438. The Morgan fingerprint density at radius 1 is 1.28 bits per heavy atom. The van der Waals surface area contributed by atoms with Gasteiger partial charge in [0.05, 0.1) is 17.2 Å². The van der Waals surface area contributed by atoms with Gasteiger partial charge in [-0.15, -0.1) is 11.3 Å². The molecule has 7 nitrogen and oxygen atoms in total. The molecule has 1 aliphatic heterocycles. The molecular formula is C16H18N4O3S2. The number of rotatable bonds is 4. The maximum Gasteiger partial charge on any atom is 0.324 e. The maximum absolute atomic E-state index is 12.7. The summed E-state index contributed by atoms with van der Waals surface area (Å²) in [6, 6.07) is 3.42. The lowest BCUT2D eigenvalue weighted by Gasteiger charge is -2.27. The van der Waals surface area contributed by atoms with E-state index in [4.69, 9.17) is 0 Å². The summed E-state index contributed by atoms with van der Waals surface area (Å²) in [7, 11) is -3.03. The minimum Gasteiger partial charge on any atom is -0.317 e. The molecule has 1 atom stereocenters. The number of urea groups is 1. The van der Waals surface area contributed by atoms with Crippen molar-refractivity contribution in [2.24, 2.45) is 0 Å². The van der Waals surface area contributed by atoms with E-state index in [1.54, 1.807) is 17.3 Å². The van der Waals surface area contributed by atoms with E-state index >= 15 is 0 Å². The van der Waals surface area contributed by atoms with Gasteiger partial charge in [-0.2, -0.15) is 0 Å². The first kappa shape index (κ1) is 16.5. The van der Waals surface area contributed by atoms with Crippen LogP contribution in [-0.4, -0.2) is 52.9 Å². The molecule has 0 unspecified atom stereocenters. The number of sulfone groups is 1. The molecule has 9 heteroatoms. The highest BCUT2D eigenvalue weighted by atomic mass is 32.2. The van der Waals surface area contributed by atoms with E-state index in [9.17, 15) is 13.2 Å². The SMILES string of the molecule is O=C(Nc1nc(-c2cccnc2)cs1)N(C1CC1)[C@H]1CCS(=O)(=O)C1. The van der Waals surface area contributed by atoms with E-state index < -0.39 is 9.84 Å². The van der Waals surface area contributed by atoms with Crippen molar-refractivity contribution in [3.8, 4) is 11.3 Å². The van der Waals surface area contributed by atoms with Crippen LogP contribution in [0.25, 0.3) is 11.3 Å². The first-order valence-electron chi connectivity index (χ1n) is 8.17. The number of anilines is 1. The average Bonchev–Trinajstić information content (AvgIpc) is 3.19. The third-order valence-electron chi connectivity index (χ3n) is 4.45. The molecule has 0 spiro atoms. The fourth-order valence-corrected chi connectivity index (χ4v) is 5.53. The van der Waals surface area contributed by atoms with Crippen LogP contribution >= 0.6 is 11.3 Å². The summed E-state index contributed by atoms with van der Waals surface area (Å²) in [6.07, 6.45) is 5.80. The molecule has 1 N–H and O–H groups in total. The largest absolute Gasteiger partial charge is 0.324 e. The van der Waals surface area contributed by atoms with Crippen LogP contribution < -0.4 is 5.32 Å². The second-order valence-corrected chi connectivity index (χ2v) is 9.49. The third kappa shape index (κ3) is 3.67. The molecule has 132 valence electrons. The lowest BCUT2D eigenvalue weighted by Crippen LogP contribution is -2.45. The number of pyridine rings is 1. The van der Waals surface area contributed by atoms with Crippen LogP contribution in [0.3, 0.4) is 0 Å². The van der Waals surface area contributed by atoms with Crippen molar-refractivity contribution in [1.29, 1.82) is 0 Å². The molecule has 2 aliphatic rings. The normalized spacial score (nSPS) is 21.8. The van der Waals surface area contributed by atoms with Gasteiger partial charge in [-0.1, -0.05) is 0 Å². The summed E-state index contributed by atoms with van der Waals surface area (Å²) in [5.74, 6) is 0.228. The maximum atomic E-state index is 12.7. The highest BCUT2D eigenvalue weighted by molar-refractivity contribution is 7.91. The number of hydrogen-bond acceptors (Lipinski definition) is 6. The van der Waals surface area contributed by atoms with Crippen LogP contribution in [0.5, 0.6) is 0 Å². The quantitative estimate of drug-likeness (QED) is 0.882. The summed E-state index contributed by atoms with van der Waals surface area (Å²) in [5, 5.41) is 5.22. The minimum atomic E-state index is -3.03. The van der Waals surface area contributed by atoms with Crippen LogP contribution in [0.15, 0.2) is 29.9 Å². The zero-order chi connectivity index (χ0) is 17.4. The van der Waals surface area contributed by atoms with Crippen LogP contribution in [0.2, 0.25) is 0 Å². The van der Waals surface area contributed by atoms with Crippen molar-refractivity contribution in [1.82, 2.24) is 14.9 Å². The first-order valence-corrected chi connectivity index (χ1v) is 10.9. The highest BCUT2D eigenvalue weighted by Gasteiger charge is 2.42. The van der Waals surface area contributed by atoms with Crippen LogP contribution in [0.4, 0.5) is 9.93 Å². The van der Waals surface area contributed by atoms with E-state index in [-0.39, 0.29) is 29.6 Å². The number of nitrogens with zero attached hydrogens (tertiary/aromatic N) is 3. The summed E-state index contributed by atoms with van der Waals surface area (Å²) in [5.41, 5.74) is 1.65. The molecule has 2 aromatic heterocycles. The highest BCUT2D eigenvalue weighted by Crippen LogP contribution is 2.33. The topological polar surface area (TPSA) is 92.3 Å². The van der Waals surface area contributed by atoms with Crippen molar-refractivity contribution in [3.63, 3.8) is 0 Å². The van der Waals surface area contributed by atoms with Crippen LogP contribution in [0.1, 0.15) is 19.3 Å². The standard InChI is InChI=1S/C16H18N4O3S2/c21-16(20(12-3-4-12)13-5-7-25(22,23)10-13)19-15-18-14(9-24-15)11-2-1-6-17-8-11/h1-2,6,8-9,12-13H,3-5,7,10H2,(H,18,19,21)/t13-/m0/s1. The van der Waals surface area contributed by atoms with E-state index in [0.717, 1.165) is 24.1 Å². The van der Waals surface area contributed by atoms with Gasteiger partial charge in [-0.3, -0.25) is 10.3 Å². The molecule has 2 aromatic rings. The Morgan fingerprint density at radius 3 is 2.76 bits per heavy atom. The molecule has 1 saturated heterocycles. The second kappa shape index (κ2) is 6.38. The minimum absolute atomic E-state index is 0.0652. The predicted molar refractivity (Wildman–Crippen MR) is 96.3 cm³/mol. The lowest BCUT2D eigenvalue weighted by molar-refractivity contribution is 0.190. The molecule has 2 amide bonds. The summed E-state index contributed by atoms with van der Waals surface area (Å²) >= 11 is 1.35. The molecule has 1 aliphatic carbocycles. The Hall–Kier alpha value is -2.00. The van der Waals surface area contributed by atoms with Crippen molar-refractivity contribution in [3.05, 3.63) is 29.9 Å². The van der Waals surface area contributed by atoms with Gasteiger partial charge in [0.15, 0.2) is 15.0 Å². The summed E-state index contributed by atoms with van der Waals surface area (Å²) < 4.78 is 23.5. The van der Waals surface area contributed by atoms with Gasteiger partial charge in [0.1, 0.15) is 0 Å². The molecule has 0 aromatic carbocycles. The van der Waals surface area contributed by atoms with Crippen molar-refractivity contribution < 1.29 is 13.2 Å². The Bertz CT molecular complexity index is 878. The Labute approximate surface area is 150 Å². The van der Waals surface area contributed by atoms with Crippen LogP contribution in [0, 0.1) is 0 Å². The number of carbonyl (C=O) groups is 1. The van der Waals surface area contributed by atoms with Gasteiger partial charge < -0.3 is 4.90 Å². The zero-order valence-electron chi connectivity index (χ0n) is 13.5. The monoisotopic (exact) mass is 378 g/mol. The van der Waals surface area contributed by atoms with Gasteiger partial charge in [0.25, 0.3) is 0 Å². The fourth-order valence-electron chi connectivity index (χ4n) is 3.11. The number of aromatic nitrogens is 2. The summed E-state index contributed by atoms with van der Waals surface area (Å²) in [4.78, 5) is 22.9. The van der Waals surface area contributed by atoms with E-state index in [2.05, 4.69) is 15.3 Å². The van der Waals surface area contributed by atoms with E-state index in [1.807, 2.05) is 17.5 Å². The van der Waals surface area contributed by atoms with Gasteiger partial charge in [0.2, 0.25) is 0 Å². The van der Waals surface area contributed by atoms with Gasteiger partial charge in [-0.25, -0.2) is 18.2 Å². The predicted octanol–water partition coefficient (Wildman–Crippen LogP) is 2.39. The van der Waals surface area contributed by atoms with Crippen molar-refractivity contribution in [2.75, 3.05) is 16.8 Å². The van der Waals surface area contributed by atoms with Crippen molar-refractivity contribution >= 4 is 32.3 Å². The zero-order valence-corrected chi connectivity index (χ0v) is 15.1. The van der Waals surface area contributed by atoms with E-state index in [0.29, 0.717) is 11.6 Å². The molecule has 0 radical (unpaired) electrons. The average molecular weight is 378 g/mol. The van der Waals surface area contributed by atoms with Gasteiger partial charge >= 0.3 is 6.03 Å². The molecule has 25 heavy (non-hydrogen) atoms. The van der Waals surface area contributed by atoms with Gasteiger partial charge in [0, 0.05) is 35.4 Å². The van der Waals surface area contributed by atoms with E-state index in [1.165, 1.54) is 11.3 Å². The molecule has 4 rings (SSSR count). The number of carbonyl (C=O) groups excluding carboxylic acids is 1. The smallest absolute Gasteiger partial charge is 0.317 e. The number of hydrogen-bond donors (Lipinski definition) is 1. The molecule has 2 fully saturated rings. The Balaban J connectivity index is 1.48. The molecule has 1 saturated carbocycles. The van der Waals surface area contributed by atoms with Gasteiger partial charge in [-0.05, 0) is 31.4 Å². The lowest BCUT2D eigenvalue weighted by atomic mass is 10.2. The Morgan fingerprint density at radius 2 is 2.12 bits per heavy atom. The summed E-state index contributed by atoms with van der Waals surface area (Å²) in [6.45, 7) is 0. The molecule has 0 bridgehead atoms. The number of amides is 2. The Kier molecular flexibility index (Phi) is 4.20. The van der Waals surface area contributed by atoms with Crippen molar-refractivity contribution in [2.45, 2.75) is 31.3 Å². The molecule has 3 heterocycles. The number of thiazole rings is 1. The number of nitrogens with one attached hydrogen (secondary N) is 1. The van der Waals surface area contributed by atoms with Crippen LogP contribution in [-0.2, 0) is 9.84 Å². The third-order valence-corrected chi connectivity index (χ3v) is 6.96. The first-order chi connectivity index (χ1) is 12.0. The molecular weight excluding hydrogens is 360 g/mol.